The maximum Gasteiger partial charge on any atom is 0.254 e. The average molecular weight is 374 g/mol. The minimum Gasteiger partial charge on any atom is -0.370 e. The Bertz CT molecular complexity index is 870. The molecule has 8 heteroatoms. The van der Waals surface area contributed by atoms with Crippen molar-refractivity contribution in [2.24, 2.45) is 11.7 Å². The zero-order chi connectivity index (χ0) is 18.4. The van der Waals surface area contributed by atoms with Crippen LogP contribution in [0.5, 0.6) is 0 Å². The molecule has 2 aromatic rings. The first-order chi connectivity index (χ1) is 12.5. The predicted molar refractivity (Wildman–Crippen MR) is 99.1 cm³/mol. The van der Waals surface area contributed by atoms with Gasteiger partial charge in [-0.15, -0.1) is 0 Å². The maximum absolute atomic E-state index is 12.1. The van der Waals surface area contributed by atoms with Gasteiger partial charge in [-0.05, 0) is 18.6 Å². The van der Waals surface area contributed by atoms with Crippen LogP contribution in [0.15, 0.2) is 24.3 Å². The number of anilines is 1. The highest BCUT2D eigenvalue weighted by Gasteiger charge is 2.40. The first-order valence-corrected chi connectivity index (χ1v) is 9.01. The summed E-state index contributed by atoms with van der Waals surface area (Å²) in [6.45, 7) is 3.78. The second kappa shape index (κ2) is 6.32. The van der Waals surface area contributed by atoms with Crippen molar-refractivity contribution in [1.29, 1.82) is 0 Å². The van der Waals surface area contributed by atoms with Crippen molar-refractivity contribution in [3.8, 4) is 11.3 Å². The van der Waals surface area contributed by atoms with E-state index in [2.05, 4.69) is 5.32 Å². The van der Waals surface area contributed by atoms with Crippen LogP contribution in [0.25, 0.3) is 11.3 Å². The van der Waals surface area contributed by atoms with Crippen LogP contribution in [0.4, 0.5) is 5.82 Å². The first kappa shape index (κ1) is 16.9. The van der Waals surface area contributed by atoms with Gasteiger partial charge in [-0.1, -0.05) is 23.7 Å². The van der Waals surface area contributed by atoms with E-state index in [9.17, 15) is 9.59 Å². The van der Waals surface area contributed by atoms with Crippen molar-refractivity contribution in [2.75, 3.05) is 25.0 Å². The third-order valence-corrected chi connectivity index (χ3v) is 5.47. The summed E-state index contributed by atoms with van der Waals surface area (Å²) in [5.74, 6) is 0.581. The molecule has 2 amide bonds. The number of aromatic nitrogens is 2. The molecule has 0 bridgehead atoms. The minimum absolute atomic E-state index is 0.0931. The van der Waals surface area contributed by atoms with Gasteiger partial charge in [0.15, 0.2) is 0 Å². The number of hydrogen-bond acceptors (Lipinski definition) is 4. The summed E-state index contributed by atoms with van der Waals surface area (Å²) >= 11 is 5.97. The van der Waals surface area contributed by atoms with Crippen LogP contribution < -0.4 is 11.1 Å². The van der Waals surface area contributed by atoms with Crippen molar-refractivity contribution in [2.45, 2.75) is 19.4 Å². The van der Waals surface area contributed by atoms with Crippen LogP contribution in [0.1, 0.15) is 29.7 Å². The molecule has 1 aromatic carbocycles. The van der Waals surface area contributed by atoms with Gasteiger partial charge in [-0.25, -0.2) is 4.68 Å². The summed E-state index contributed by atoms with van der Waals surface area (Å²) < 4.78 is 1.88. The first-order valence-electron chi connectivity index (χ1n) is 8.63. The Labute approximate surface area is 156 Å². The Morgan fingerprint density at radius 2 is 1.96 bits per heavy atom. The molecule has 7 nitrogen and oxygen atoms in total. The second-order valence-electron chi connectivity index (χ2n) is 6.85. The lowest BCUT2D eigenvalue weighted by Gasteiger charge is -2.44. The van der Waals surface area contributed by atoms with Crippen molar-refractivity contribution in [3.63, 3.8) is 0 Å². The van der Waals surface area contributed by atoms with E-state index in [1.54, 1.807) is 19.1 Å². The molecule has 0 aliphatic carbocycles. The molecule has 4 rings (SSSR count). The number of amides is 2. The molecule has 3 N–H and O–H groups in total. The Hall–Kier alpha value is -2.54. The summed E-state index contributed by atoms with van der Waals surface area (Å²) in [6.07, 6.45) is 0.892. The van der Waals surface area contributed by atoms with E-state index in [1.165, 1.54) is 0 Å². The van der Waals surface area contributed by atoms with E-state index in [0.717, 1.165) is 31.6 Å². The fourth-order valence-electron chi connectivity index (χ4n) is 3.80. The number of primary amides is 1. The number of carbonyl (C=O) groups excluding carboxylic acids is 2. The standard InChI is InChI=1S/C18H20ClN5O2/c1-10(25)23-8-12(9-23)14-6-7-21-18-15(17(20)26)16(22-24(14)18)11-2-4-13(19)5-3-11/h2-5,12,14,21H,6-9H2,1H3,(H2,20,26). The molecule has 136 valence electrons. The summed E-state index contributed by atoms with van der Waals surface area (Å²) in [5, 5.41) is 8.63. The molecule has 26 heavy (non-hydrogen) atoms. The van der Waals surface area contributed by atoms with E-state index in [-0.39, 0.29) is 11.9 Å². The van der Waals surface area contributed by atoms with Crippen LogP contribution in [-0.4, -0.2) is 46.1 Å². The number of nitrogens with two attached hydrogens (primary N) is 1. The molecule has 3 heterocycles. The average Bonchev–Trinajstić information content (AvgIpc) is 2.94. The topological polar surface area (TPSA) is 93.2 Å². The van der Waals surface area contributed by atoms with Crippen LogP contribution in [-0.2, 0) is 4.79 Å². The molecule has 1 unspecified atom stereocenters. The van der Waals surface area contributed by atoms with Crippen molar-refractivity contribution < 1.29 is 9.59 Å². The number of nitrogens with one attached hydrogen (secondary N) is 1. The highest BCUT2D eigenvalue weighted by molar-refractivity contribution is 6.30. The summed E-state index contributed by atoms with van der Waals surface area (Å²) in [7, 11) is 0. The van der Waals surface area contributed by atoms with E-state index in [4.69, 9.17) is 22.4 Å². The van der Waals surface area contributed by atoms with Gasteiger partial charge in [0.05, 0.1) is 6.04 Å². The van der Waals surface area contributed by atoms with Gasteiger partial charge in [0.25, 0.3) is 5.91 Å². The molecule has 1 saturated heterocycles. The Morgan fingerprint density at radius 3 is 2.58 bits per heavy atom. The van der Waals surface area contributed by atoms with Gasteiger partial charge in [0, 0.05) is 43.1 Å². The molecular weight excluding hydrogens is 354 g/mol. The molecule has 0 saturated carbocycles. The smallest absolute Gasteiger partial charge is 0.254 e. The summed E-state index contributed by atoms with van der Waals surface area (Å²) in [4.78, 5) is 25.4. The molecular formula is C18H20ClN5O2. The Balaban J connectivity index is 1.73. The lowest BCUT2D eigenvalue weighted by atomic mass is 9.88. The van der Waals surface area contributed by atoms with Crippen molar-refractivity contribution in [1.82, 2.24) is 14.7 Å². The second-order valence-corrected chi connectivity index (χ2v) is 7.29. The van der Waals surface area contributed by atoms with Crippen LogP contribution in [0, 0.1) is 5.92 Å². The molecule has 0 radical (unpaired) electrons. The van der Waals surface area contributed by atoms with Gasteiger partial charge >= 0.3 is 0 Å². The predicted octanol–water partition coefficient (Wildman–Crippen LogP) is 2.14. The summed E-state index contributed by atoms with van der Waals surface area (Å²) in [6, 6.07) is 7.34. The number of benzene rings is 1. The van der Waals surface area contributed by atoms with E-state index >= 15 is 0 Å². The monoisotopic (exact) mass is 373 g/mol. The van der Waals surface area contributed by atoms with Gasteiger partial charge in [-0.2, -0.15) is 5.10 Å². The Morgan fingerprint density at radius 1 is 1.27 bits per heavy atom. The lowest BCUT2D eigenvalue weighted by molar-refractivity contribution is -0.136. The molecule has 1 atom stereocenters. The van der Waals surface area contributed by atoms with Gasteiger partial charge in [-0.3, -0.25) is 9.59 Å². The van der Waals surface area contributed by atoms with Crippen molar-refractivity contribution in [3.05, 3.63) is 34.9 Å². The highest BCUT2D eigenvalue weighted by Crippen LogP contribution is 2.39. The van der Waals surface area contributed by atoms with E-state index in [1.807, 2.05) is 21.7 Å². The number of rotatable bonds is 3. The summed E-state index contributed by atoms with van der Waals surface area (Å²) in [5.41, 5.74) is 7.43. The van der Waals surface area contributed by atoms with E-state index < -0.39 is 5.91 Å². The highest BCUT2D eigenvalue weighted by atomic mass is 35.5. The van der Waals surface area contributed by atoms with Crippen LogP contribution in [0.2, 0.25) is 5.02 Å². The molecule has 1 aromatic heterocycles. The zero-order valence-electron chi connectivity index (χ0n) is 14.4. The minimum atomic E-state index is -0.511. The van der Waals surface area contributed by atoms with Crippen LogP contribution >= 0.6 is 11.6 Å². The largest absolute Gasteiger partial charge is 0.370 e. The molecule has 1 fully saturated rings. The number of hydrogen-bond donors (Lipinski definition) is 2. The number of carbonyl (C=O) groups is 2. The van der Waals surface area contributed by atoms with Gasteiger partial charge < -0.3 is 16.0 Å². The van der Waals surface area contributed by atoms with Crippen molar-refractivity contribution >= 4 is 29.2 Å². The molecule has 2 aliphatic heterocycles. The fraction of sp³-hybridized carbons (Fsp3) is 0.389. The maximum atomic E-state index is 12.1. The number of fused-ring (bicyclic) bond motifs is 1. The third-order valence-electron chi connectivity index (χ3n) is 5.22. The quantitative estimate of drug-likeness (QED) is 0.861. The molecule has 0 spiro atoms. The number of likely N-dealkylation sites (tertiary alicyclic amines) is 1. The van der Waals surface area contributed by atoms with Gasteiger partial charge in [0.1, 0.15) is 17.1 Å². The van der Waals surface area contributed by atoms with Gasteiger partial charge in [0.2, 0.25) is 5.91 Å². The fourth-order valence-corrected chi connectivity index (χ4v) is 3.92. The molecule has 2 aliphatic rings. The number of halogens is 1. The third kappa shape index (κ3) is 2.72. The normalized spacial score (nSPS) is 19.5. The van der Waals surface area contributed by atoms with Crippen LogP contribution in [0.3, 0.4) is 0 Å². The Kier molecular flexibility index (Phi) is 4.11. The SMILES string of the molecule is CC(=O)N1CC(C2CCNc3c(C(N)=O)c(-c4ccc(Cl)cc4)nn32)C1. The zero-order valence-corrected chi connectivity index (χ0v) is 15.2. The number of nitrogens with zero attached hydrogens (tertiary/aromatic N) is 3. The lowest BCUT2D eigenvalue weighted by Crippen LogP contribution is -2.53. The van der Waals surface area contributed by atoms with E-state index in [0.29, 0.717) is 28.0 Å².